The molecule has 0 aliphatic heterocycles. The van der Waals surface area contributed by atoms with E-state index in [4.69, 9.17) is 0 Å². The van der Waals surface area contributed by atoms with Gasteiger partial charge in [-0.15, -0.1) is 0 Å². The van der Waals surface area contributed by atoms with Gasteiger partial charge in [-0.2, -0.15) is 0 Å². The van der Waals surface area contributed by atoms with Gasteiger partial charge in [0, 0.05) is 18.5 Å². The minimum absolute atomic E-state index is 0.0353. The van der Waals surface area contributed by atoms with Gasteiger partial charge < -0.3 is 10.1 Å². The lowest BCUT2D eigenvalue weighted by molar-refractivity contribution is 0.0600. The van der Waals surface area contributed by atoms with Crippen LogP contribution in [0.3, 0.4) is 0 Å². The van der Waals surface area contributed by atoms with Crippen LogP contribution in [0.5, 0.6) is 0 Å². The summed E-state index contributed by atoms with van der Waals surface area (Å²) in [4.78, 5) is 15.3. The Kier molecular flexibility index (Phi) is 5.08. The molecule has 1 N–H and O–H groups in total. The Bertz CT molecular complexity index is 514. The molecular weight excluding hydrogens is 256 g/mol. The molecule has 0 bridgehead atoms. The Morgan fingerprint density at radius 1 is 1.50 bits per heavy atom. The van der Waals surface area contributed by atoms with Gasteiger partial charge in [-0.05, 0) is 12.1 Å². The van der Waals surface area contributed by atoms with Crippen molar-refractivity contribution in [2.45, 2.75) is 6.92 Å². The number of esters is 1. The molecule has 6 nitrogen and oxygen atoms in total. The third kappa shape index (κ3) is 4.33. The lowest BCUT2D eigenvalue weighted by atomic mass is 10.2. The summed E-state index contributed by atoms with van der Waals surface area (Å²) in [6.07, 6.45) is 1.46. The molecule has 0 spiro atoms. The molecule has 0 fully saturated rings. The first-order valence-corrected chi connectivity index (χ1v) is 7.29. The van der Waals surface area contributed by atoms with Crippen LogP contribution in [0.2, 0.25) is 0 Å². The van der Waals surface area contributed by atoms with Crippen molar-refractivity contribution in [3.05, 3.63) is 23.9 Å². The Morgan fingerprint density at radius 2 is 2.22 bits per heavy atom. The van der Waals surface area contributed by atoms with Gasteiger partial charge in [0.05, 0.1) is 18.4 Å². The molecule has 0 aromatic carbocycles. The largest absolute Gasteiger partial charge is 0.465 e. The molecule has 1 aromatic rings. The van der Waals surface area contributed by atoms with Gasteiger partial charge in [-0.25, -0.2) is 18.2 Å². The normalized spacial score (nSPS) is 11.0. The van der Waals surface area contributed by atoms with E-state index in [2.05, 4.69) is 15.0 Å². The monoisotopic (exact) mass is 272 g/mol. The Hall–Kier alpha value is -1.63. The number of carbonyl (C=O) groups is 1. The first kappa shape index (κ1) is 14.4. The molecule has 18 heavy (non-hydrogen) atoms. The van der Waals surface area contributed by atoms with Crippen molar-refractivity contribution in [1.29, 1.82) is 0 Å². The highest BCUT2D eigenvalue weighted by atomic mass is 32.2. The number of hydrogen-bond donors (Lipinski definition) is 1. The summed E-state index contributed by atoms with van der Waals surface area (Å²) in [6.45, 7) is 1.86. The number of hydrogen-bond acceptors (Lipinski definition) is 6. The van der Waals surface area contributed by atoms with Gasteiger partial charge in [0.25, 0.3) is 0 Å². The van der Waals surface area contributed by atoms with Crippen LogP contribution in [0, 0.1) is 0 Å². The van der Waals surface area contributed by atoms with Gasteiger partial charge in [0.2, 0.25) is 0 Å². The third-order valence-corrected chi connectivity index (χ3v) is 4.05. The standard InChI is InChI=1S/C11H16N2O4S/c1-3-18(15,16)7-6-13-10-8-9(4-5-12-10)11(14)17-2/h4-5,8H,3,6-7H2,1-2H3,(H,12,13). The number of pyridine rings is 1. The van der Waals surface area contributed by atoms with E-state index in [1.165, 1.54) is 25.4 Å². The summed E-state index contributed by atoms with van der Waals surface area (Å²) in [5, 5.41) is 2.86. The first-order chi connectivity index (χ1) is 8.48. The maximum absolute atomic E-state index is 11.3. The molecule has 0 amide bonds. The molecule has 7 heteroatoms. The van der Waals surface area contributed by atoms with Gasteiger partial charge in [0.1, 0.15) is 5.82 Å². The number of sulfone groups is 1. The maximum atomic E-state index is 11.3. The number of nitrogens with zero attached hydrogens (tertiary/aromatic N) is 1. The first-order valence-electron chi connectivity index (χ1n) is 5.47. The van der Waals surface area contributed by atoms with E-state index in [9.17, 15) is 13.2 Å². The molecular formula is C11H16N2O4S. The number of aromatic nitrogens is 1. The Balaban J connectivity index is 2.61. The van der Waals surface area contributed by atoms with Crippen LogP contribution in [-0.4, -0.2) is 44.5 Å². The number of anilines is 1. The zero-order chi connectivity index (χ0) is 13.6. The molecule has 0 aliphatic carbocycles. The maximum Gasteiger partial charge on any atom is 0.338 e. The van der Waals surface area contributed by atoms with Gasteiger partial charge in [-0.1, -0.05) is 6.92 Å². The van der Waals surface area contributed by atoms with Crippen LogP contribution < -0.4 is 5.32 Å². The van der Waals surface area contributed by atoms with Crippen molar-refractivity contribution in [1.82, 2.24) is 4.98 Å². The van der Waals surface area contributed by atoms with E-state index in [1.807, 2.05) is 0 Å². The van der Waals surface area contributed by atoms with E-state index in [0.717, 1.165) is 0 Å². The molecule has 0 saturated heterocycles. The summed E-state index contributed by atoms with van der Waals surface area (Å²) in [6, 6.07) is 3.05. The summed E-state index contributed by atoms with van der Waals surface area (Å²) in [5.74, 6) is 0.142. The third-order valence-electron chi connectivity index (χ3n) is 2.34. The average molecular weight is 272 g/mol. The molecule has 1 heterocycles. The zero-order valence-corrected chi connectivity index (χ0v) is 11.2. The predicted molar refractivity (Wildman–Crippen MR) is 68.4 cm³/mol. The molecule has 0 aliphatic rings. The smallest absolute Gasteiger partial charge is 0.338 e. The second kappa shape index (κ2) is 6.34. The van der Waals surface area contributed by atoms with Crippen molar-refractivity contribution in [2.75, 3.05) is 30.5 Å². The highest BCUT2D eigenvalue weighted by molar-refractivity contribution is 7.91. The lowest BCUT2D eigenvalue weighted by Crippen LogP contribution is -2.17. The van der Waals surface area contributed by atoms with Crippen LogP contribution in [-0.2, 0) is 14.6 Å². The van der Waals surface area contributed by atoms with E-state index in [0.29, 0.717) is 11.4 Å². The second-order valence-electron chi connectivity index (χ2n) is 3.58. The molecule has 0 unspecified atom stereocenters. The van der Waals surface area contributed by atoms with Crippen LogP contribution in [0.4, 0.5) is 5.82 Å². The summed E-state index contributed by atoms with van der Waals surface area (Å²) < 4.78 is 27.1. The van der Waals surface area contributed by atoms with Crippen LogP contribution in [0.1, 0.15) is 17.3 Å². The number of nitrogens with one attached hydrogen (secondary N) is 1. The lowest BCUT2D eigenvalue weighted by Gasteiger charge is -2.06. The van der Waals surface area contributed by atoms with E-state index in [1.54, 1.807) is 6.92 Å². The molecule has 0 atom stereocenters. The van der Waals surface area contributed by atoms with E-state index >= 15 is 0 Å². The highest BCUT2D eigenvalue weighted by Gasteiger charge is 2.08. The Morgan fingerprint density at radius 3 is 2.83 bits per heavy atom. The number of rotatable bonds is 6. The molecule has 1 aromatic heterocycles. The quantitative estimate of drug-likeness (QED) is 0.768. The van der Waals surface area contributed by atoms with Crippen molar-refractivity contribution in [2.24, 2.45) is 0 Å². The van der Waals surface area contributed by atoms with Crippen molar-refractivity contribution >= 4 is 21.6 Å². The van der Waals surface area contributed by atoms with Crippen LogP contribution >= 0.6 is 0 Å². The van der Waals surface area contributed by atoms with Crippen LogP contribution in [0.25, 0.3) is 0 Å². The summed E-state index contributed by atoms with van der Waals surface area (Å²) in [7, 11) is -1.71. The fourth-order valence-electron chi connectivity index (χ4n) is 1.25. The fraction of sp³-hybridized carbons (Fsp3) is 0.455. The molecule has 0 saturated carbocycles. The molecule has 0 radical (unpaired) electrons. The van der Waals surface area contributed by atoms with Gasteiger partial charge in [0.15, 0.2) is 9.84 Å². The fourth-order valence-corrected chi connectivity index (χ4v) is 1.95. The molecule has 100 valence electrons. The highest BCUT2D eigenvalue weighted by Crippen LogP contribution is 2.07. The summed E-state index contributed by atoms with van der Waals surface area (Å²) >= 11 is 0. The topological polar surface area (TPSA) is 85.4 Å². The van der Waals surface area contributed by atoms with Gasteiger partial charge in [-0.3, -0.25) is 0 Å². The summed E-state index contributed by atoms with van der Waals surface area (Å²) in [5.41, 5.74) is 0.369. The number of carbonyl (C=O) groups excluding carboxylic acids is 1. The average Bonchev–Trinajstić information content (AvgIpc) is 2.38. The van der Waals surface area contributed by atoms with E-state index < -0.39 is 15.8 Å². The Labute approximate surface area is 106 Å². The number of ether oxygens (including phenoxy) is 1. The number of methoxy groups -OCH3 is 1. The second-order valence-corrected chi connectivity index (χ2v) is 6.06. The van der Waals surface area contributed by atoms with Crippen LogP contribution in [0.15, 0.2) is 18.3 Å². The van der Waals surface area contributed by atoms with Crippen molar-refractivity contribution in [3.63, 3.8) is 0 Å². The van der Waals surface area contributed by atoms with Crippen molar-refractivity contribution < 1.29 is 17.9 Å². The van der Waals surface area contributed by atoms with Gasteiger partial charge >= 0.3 is 5.97 Å². The molecule has 1 rings (SSSR count). The zero-order valence-electron chi connectivity index (χ0n) is 10.3. The minimum atomic E-state index is -3.00. The van der Waals surface area contributed by atoms with E-state index in [-0.39, 0.29) is 18.1 Å². The minimum Gasteiger partial charge on any atom is -0.465 e. The predicted octanol–water partition coefficient (Wildman–Crippen LogP) is 0.715. The van der Waals surface area contributed by atoms with Crippen molar-refractivity contribution in [3.8, 4) is 0 Å². The SMILES string of the molecule is CCS(=O)(=O)CCNc1cc(C(=O)OC)ccn1.